The lowest BCUT2D eigenvalue weighted by molar-refractivity contribution is 0.918. The average molecular weight is 377 g/mol. The van der Waals surface area contributed by atoms with Crippen LogP contribution in [0.25, 0.3) is 21.1 Å². The molecule has 1 saturated carbocycles. The van der Waals surface area contributed by atoms with Gasteiger partial charge in [-0.2, -0.15) is 0 Å². The Morgan fingerprint density at radius 3 is 2.81 bits per heavy atom. The third-order valence-corrected chi connectivity index (χ3v) is 6.17. The van der Waals surface area contributed by atoms with Crippen molar-refractivity contribution in [2.75, 3.05) is 5.32 Å². The molecule has 1 aliphatic carbocycles. The van der Waals surface area contributed by atoms with E-state index in [-0.39, 0.29) is 5.56 Å². The van der Waals surface area contributed by atoms with Gasteiger partial charge >= 0.3 is 0 Å². The molecule has 0 saturated heterocycles. The third kappa shape index (κ3) is 2.88. The minimum Gasteiger partial charge on any atom is -0.362 e. The first-order valence-electron chi connectivity index (χ1n) is 9.09. The number of rotatable bonds is 4. The summed E-state index contributed by atoms with van der Waals surface area (Å²) in [5.74, 6) is 2.84. The molecule has 2 N–H and O–H groups in total. The number of nitrogens with zero attached hydrogens (tertiary/aromatic N) is 3. The van der Waals surface area contributed by atoms with Crippen LogP contribution in [0.1, 0.15) is 40.8 Å². The van der Waals surface area contributed by atoms with E-state index < -0.39 is 0 Å². The molecular formula is C20H19N5OS. The molecule has 1 fully saturated rings. The van der Waals surface area contributed by atoms with Crippen molar-refractivity contribution in [1.82, 2.24) is 19.9 Å². The fourth-order valence-corrected chi connectivity index (χ4v) is 4.34. The predicted octanol–water partition coefficient (Wildman–Crippen LogP) is 4.03. The highest BCUT2D eigenvalue weighted by Gasteiger charge is 2.28. The molecule has 1 aromatic carbocycles. The summed E-state index contributed by atoms with van der Waals surface area (Å²) in [7, 11) is 0. The minimum absolute atomic E-state index is 0.119. The van der Waals surface area contributed by atoms with E-state index in [0.29, 0.717) is 29.2 Å². The Morgan fingerprint density at radius 1 is 1.19 bits per heavy atom. The molecule has 0 amide bonds. The summed E-state index contributed by atoms with van der Waals surface area (Å²) < 4.78 is 0. The molecule has 7 heteroatoms. The monoisotopic (exact) mass is 377 g/mol. The molecule has 3 aromatic heterocycles. The van der Waals surface area contributed by atoms with E-state index >= 15 is 0 Å². The quantitative estimate of drug-likeness (QED) is 0.561. The van der Waals surface area contributed by atoms with Crippen molar-refractivity contribution in [3.63, 3.8) is 0 Å². The molecule has 0 atom stereocenters. The van der Waals surface area contributed by atoms with Crippen molar-refractivity contribution in [3.05, 3.63) is 56.7 Å². The van der Waals surface area contributed by atoms with Gasteiger partial charge in [-0.15, -0.1) is 11.3 Å². The second kappa shape index (κ2) is 6.13. The molecule has 0 radical (unpaired) electrons. The number of benzene rings is 1. The van der Waals surface area contributed by atoms with Gasteiger partial charge in [0, 0.05) is 10.8 Å². The van der Waals surface area contributed by atoms with Gasteiger partial charge in [-0.1, -0.05) is 12.1 Å². The van der Waals surface area contributed by atoms with E-state index in [4.69, 9.17) is 9.97 Å². The number of thiophene rings is 1. The number of nitrogens with one attached hydrogen (secondary N) is 2. The molecule has 0 bridgehead atoms. The zero-order valence-electron chi connectivity index (χ0n) is 15.2. The number of fused-ring (bicyclic) bond motifs is 2. The lowest BCUT2D eigenvalue weighted by Crippen LogP contribution is -2.15. The van der Waals surface area contributed by atoms with Gasteiger partial charge in [-0.25, -0.2) is 15.0 Å². The van der Waals surface area contributed by atoms with Gasteiger partial charge in [0.2, 0.25) is 0 Å². The van der Waals surface area contributed by atoms with Crippen molar-refractivity contribution in [1.29, 1.82) is 0 Å². The molecule has 0 unspecified atom stereocenters. The molecule has 0 aliphatic heterocycles. The van der Waals surface area contributed by atoms with Crippen LogP contribution in [-0.4, -0.2) is 19.9 Å². The summed E-state index contributed by atoms with van der Waals surface area (Å²) in [5, 5.41) is 5.07. The topological polar surface area (TPSA) is 83.6 Å². The highest BCUT2D eigenvalue weighted by atomic mass is 32.1. The molecule has 4 aromatic rings. The van der Waals surface area contributed by atoms with Crippen LogP contribution in [0.3, 0.4) is 0 Å². The van der Waals surface area contributed by atoms with Crippen LogP contribution in [0.4, 0.5) is 5.82 Å². The standard InChI is InChI=1S/C20H19N5OS/c1-10-11(2)27-20-16(10)18(24-17(25-20)12-7-8-12)21-9-15-22-14-6-4-3-5-13(14)19(26)23-15/h3-6,12H,7-9H2,1-2H3,(H,21,24,25)(H,22,23,26). The summed E-state index contributed by atoms with van der Waals surface area (Å²) in [6, 6.07) is 7.37. The van der Waals surface area contributed by atoms with Crippen molar-refractivity contribution in [2.24, 2.45) is 0 Å². The van der Waals surface area contributed by atoms with Crippen LogP contribution in [0, 0.1) is 13.8 Å². The number of hydrogen-bond donors (Lipinski definition) is 2. The first-order valence-corrected chi connectivity index (χ1v) is 9.91. The molecule has 1 aliphatic rings. The normalized spacial score (nSPS) is 14.1. The maximum absolute atomic E-state index is 12.3. The second-order valence-electron chi connectivity index (χ2n) is 7.05. The SMILES string of the molecule is Cc1sc2nc(C3CC3)nc(NCc3nc4ccccc4c(=O)[nH]3)c2c1C. The molecule has 5 rings (SSSR count). The fourth-order valence-electron chi connectivity index (χ4n) is 3.30. The maximum Gasteiger partial charge on any atom is 0.258 e. The molecular weight excluding hydrogens is 358 g/mol. The Hall–Kier alpha value is -2.80. The first-order chi connectivity index (χ1) is 13.1. The third-order valence-electron chi connectivity index (χ3n) is 5.07. The van der Waals surface area contributed by atoms with Gasteiger partial charge in [-0.3, -0.25) is 4.79 Å². The average Bonchev–Trinajstić information content (AvgIpc) is 3.47. The number of H-pyrrole nitrogens is 1. The molecule has 0 spiro atoms. The number of aromatic amines is 1. The van der Waals surface area contributed by atoms with Crippen molar-refractivity contribution in [3.8, 4) is 0 Å². The zero-order chi connectivity index (χ0) is 18.5. The molecule has 3 heterocycles. The summed E-state index contributed by atoms with van der Waals surface area (Å²) in [4.78, 5) is 31.6. The maximum atomic E-state index is 12.3. The molecule has 27 heavy (non-hydrogen) atoms. The van der Waals surface area contributed by atoms with Crippen LogP contribution < -0.4 is 10.9 Å². The van der Waals surface area contributed by atoms with Gasteiger partial charge in [0.1, 0.15) is 22.3 Å². The van der Waals surface area contributed by atoms with Gasteiger partial charge in [0.25, 0.3) is 5.56 Å². The Kier molecular flexibility index (Phi) is 3.72. The smallest absolute Gasteiger partial charge is 0.258 e. The summed E-state index contributed by atoms with van der Waals surface area (Å²) in [5.41, 5.74) is 1.79. The number of aromatic nitrogens is 4. The fraction of sp³-hybridized carbons (Fsp3) is 0.300. The van der Waals surface area contributed by atoms with Gasteiger partial charge in [0.05, 0.1) is 22.8 Å². The summed E-state index contributed by atoms with van der Waals surface area (Å²) in [6.45, 7) is 4.63. The van der Waals surface area contributed by atoms with Crippen molar-refractivity contribution < 1.29 is 0 Å². The Bertz CT molecular complexity index is 1240. The highest BCUT2D eigenvalue weighted by molar-refractivity contribution is 7.18. The van der Waals surface area contributed by atoms with Gasteiger partial charge < -0.3 is 10.3 Å². The van der Waals surface area contributed by atoms with E-state index in [1.807, 2.05) is 18.2 Å². The van der Waals surface area contributed by atoms with Crippen LogP contribution >= 0.6 is 11.3 Å². The highest BCUT2D eigenvalue weighted by Crippen LogP contribution is 2.41. The van der Waals surface area contributed by atoms with Crippen LogP contribution in [0.5, 0.6) is 0 Å². The largest absolute Gasteiger partial charge is 0.362 e. The Labute approximate surface area is 159 Å². The lowest BCUT2D eigenvalue weighted by atomic mass is 10.2. The number of hydrogen-bond acceptors (Lipinski definition) is 6. The second-order valence-corrected chi connectivity index (χ2v) is 8.25. The molecule has 6 nitrogen and oxygen atoms in total. The van der Waals surface area contributed by atoms with Crippen LogP contribution in [0.2, 0.25) is 0 Å². The van der Waals surface area contributed by atoms with Crippen LogP contribution in [-0.2, 0) is 6.54 Å². The zero-order valence-corrected chi connectivity index (χ0v) is 16.0. The van der Waals surface area contributed by atoms with Crippen molar-refractivity contribution in [2.45, 2.75) is 39.2 Å². The van der Waals surface area contributed by atoms with E-state index in [9.17, 15) is 4.79 Å². The summed E-state index contributed by atoms with van der Waals surface area (Å²) >= 11 is 1.71. The number of aryl methyl sites for hydroxylation is 2. The van der Waals surface area contributed by atoms with Crippen LogP contribution in [0.15, 0.2) is 29.1 Å². The molecule has 136 valence electrons. The summed E-state index contributed by atoms with van der Waals surface area (Å²) in [6.07, 6.45) is 2.32. The van der Waals surface area contributed by atoms with Gasteiger partial charge in [-0.05, 0) is 44.4 Å². The predicted molar refractivity (Wildman–Crippen MR) is 109 cm³/mol. The Balaban J connectivity index is 1.54. The lowest BCUT2D eigenvalue weighted by Gasteiger charge is -2.10. The van der Waals surface area contributed by atoms with Crippen molar-refractivity contribution >= 4 is 38.3 Å². The first kappa shape index (κ1) is 16.4. The van der Waals surface area contributed by atoms with E-state index in [1.165, 1.54) is 10.4 Å². The van der Waals surface area contributed by atoms with E-state index in [1.54, 1.807) is 17.4 Å². The minimum atomic E-state index is -0.119. The Morgan fingerprint density at radius 2 is 2.00 bits per heavy atom. The van der Waals surface area contributed by atoms with Gasteiger partial charge in [0.15, 0.2) is 0 Å². The van der Waals surface area contributed by atoms with E-state index in [2.05, 4.69) is 29.1 Å². The van der Waals surface area contributed by atoms with E-state index in [0.717, 1.165) is 34.7 Å². The number of anilines is 1. The number of para-hydroxylation sites is 1.